The lowest BCUT2D eigenvalue weighted by Crippen LogP contribution is -2.66. The van der Waals surface area contributed by atoms with E-state index >= 15 is 0 Å². The molecule has 0 aromatic carbocycles. The Morgan fingerprint density at radius 2 is 0.853 bits per heavy atom. The van der Waals surface area contributed by atoms with E-state index in [1.165, 1.54) is 0 Å². The summed E-state index contributed by atoms with van der Waals surface area (Å²) in [5.41, 5.74) is 0. The van der Waals surface area contributed by atoms with Crippen molar-refractivity contribution in [1.82, 2.24) is 0 Å². The van der Waals surface area contributed by atoms with Crippen LogP contribution >= 0.6 is 0 Å². The van der Waals surface area contributed by atoms with Gasteiger partial charge in [0.1, 0.15) is 73.2 Å². The Balaban J connectivity index is 1.72. The summed E-state index contributed by atoms with van der Waals surface area (Å²) in [6.07, 6.45) is -25.1. The summed E-state index contributed by atoms with van der Waals surface area (Å²) in [7, 11) is 0. The molecule has 11 N–H and O–H groups in total. The van der Waals surface area contributed by atoms with Gasteiger partial charge in [0, 0.05) is 0 Å². The minimum Gasteiger partial charge on any atom is -0.394 e. The first-order valence-corrected chi connectivity index (χ1v) is 10.6. The lowest BCUT2D eigenvalue weighted by Gasteiger charge is -2.47. The summed E-state index contributed by atoms with van der Waals surface area (Å²) < 4.78 is 26.4. The average Bonchev–Trinajstić information content (AvgIpc) is 2.83. The minimum absolute atomic E-state index is 0.741. The quantitative estimate of drug-likeness (QED) is 0.154. The molecule has 15 atom stereocenters. The molecule has 3 rings (SSSR count). The Bertz CT molecular complexity index is 635. The fourth-order valence-corrected chi connectivity index (χ4v) is 4.06. The van der Waals surface area contributed by atoms with E-state index in [1.54, 1.807) is 0 Å². The summed E-state index contributed by atoms with van der Waals surface area (Å²) in [4.78, 5) is 0. The van der Waals surface area contributed by atoms with Crippen LogP contribution in [0.1, 0.15) is 0 Å². The molecule has 34 heavy (non-hydrogen) atoms. The second-order valence-corrected chi connectivity index (χ2v) is 8.33. The summed E-state index contributed by atoms with van der Waals surface area (Å²) >= 11 is 0. The van der Waals surface area contributed by atoms with Crippen molar-refractivity contribution in [2.24, 2.45) is 0 Å². The van der Waals surface area contributed by atoms with Crippen LogP contribution in [0.25, 0.3) is 0 Å². The molecule has 16 nitrogen and oxygen atoms in total. The van der Waals surface area contributed by atoms with Gasteiger partial charge in [-0.2, -0.15) is 0 Å². The third-order valence-electron chi connectivity index (χ3n) is 6.09. The SMILES string of the molecule is OC[C@H]1O[C@@H](O[C@H]2[C@H](O)[C@@H](O)[C@H](O[C@H]3[C@H](O)[C@@H](O)[C@H](O)O[C@@H]3CO)O[C@@H]2CO)[C@H](O)[C@@H](O)[C@H]1O. The largest absolute Gasteiger partial charge is 0.394 e. The molecule has 16 heteroatoms. The average molecular weight is 504 g/mol. The predicted molar refractivity (Wildman–Crippen MR) is 101 cm³/mol. The Morgan fingerprint density at radius 1 is 0.441 bits per heavy atom. The summed E-state index contributed by atoms with van der Waals surface area (Å²) in [6, 6.07) is 0. The van der Waals surface area contributed by atoms with E-state index in [4.69, 9.17) is 23.7 Å². The first-order chi connectivity index (χ1) is 16.0. The van der Waals surface area contributed by atoms with Gasteiger partial charge in [0.15, 0.2) is 18.9 Å². The fourth-order valence-electron chi connectivity index (χ4n) is 4.06. The van der Waals surface area contributed by atoms with Crippen molar-refractivity contribution < 1.29 is 79.9 Å². The molecular formula is C18H32O16. The molecule has 0 amide bonds. The van der Waals surface area contributed by atoms with E-state index in [1.807, 2.05) is 0 Å². The maximum atomic E-state index is 10.6. The molecule has 3 aliphatic heterocycles. The van der Waals surface area contributed by atoms with Crippen LogP contribution in [0.4, 0.5) is 0 Å². The molecule has 0 unspecified atom stereocenters. The Kier molecular flexibility index (Phi) is 9.54. The molecule has 200 valence electrons. The molecule has 0 aromatic heterocycles. The highest BCUT2D eigenvalue weighted by Gasteiger charge is 2.53. The summed E-state index contributed by atoms with van der Waals surface area (Å²) in [5.74, 6) is 0. The molecule has 3 heterocycles. The summed E-state index contributed by atoms with van der Waals surface area (Å²) in [6.45, 7) is -2.32. The molecule has 3 saturated heterocycles. The van der Waals surface area contributed by atoms with Crippen LogP contribution in [-0.2, 0) is 23.7 Å². The number of hydrogen-bond acceptors (Lipinski definition) is 16. The van der Waals surface area contributed by atoms with Crippen LogP contribution in [0.15, 0.2) is 0 Å². The number of aliphatic hydroxyl groups excluding tert-OH is 11. The van der Waals surface area contributed by atoms with E-state index < -0.39 is 112 Å². The lowest BCUT2D eigenvalue weighted by molar-refractivity contribution is -0.377. The number of aliphatic hydroxyl groups is 11. The van der Waals surface area contributed by atoms with Gasteiger partial charge in [-0.25, -0.2) is 0 Å². The standard InChI is InChI=1S/C18H32O16/c19-1-4-7(22)8(23)12(27)17(31-4)34-15-6(3-21)32-18(13(28)10(15)25)33-14-5(2-20)30-16(29)11(26)9(14)24/h4-29H,1-3H2/t4-,5-,6-,7+,8+,9-,10-,11-,12-,13-,14-,15-,16-,17+,18+/m1/s1. The third-order valence-corrected chi connectivity index (χ3v) is 6.09. The Hall–Kier alpha value is -0.640. The smallest absolute Gasteiger partial charge is 0.187 e. The first-order valence-electron chi connectivity index (χ1n) is 10.6. The van der Waals surface area contributed by atoms with Gasteiger partial charge in [-0.15, -0.1) is 0 Å². The molecule has 0 saturated carbocycles. The predicted octanol–water partition coefficient (Wildman–Crippen LogP) is -7.57. The van der Waals surface area contributed by atoms with Gasteiger partial charge in [-0.1, -0.05) is 0 Å². The van der Waals surface area contributed by atoms with E-state index in [-0.39, 0.29) is 0 Å². The highest BCUT2D eigenvalue weighted by atomic mass is 16.8. The van der Waals surface area contributed by atoms with Gasteiger partial charge in [-0.3, -0.25) is 0 Å². The summed E-state index contributed by atoms with van der Waals surface area (Å²) in [5, 5.41) is 109. The van der Waals surface area contributed by atoms with Crippen LogP contribution in [0.5, 0.6) is 0 Å². The molecule has 0 aromatic rings. The molecule has 3 fully saturated rings. The maximum Gasteiger partial charge on any atom is 0.187 e. The zero-order chi connectivity index (χ0) is 25.3. The second-order valence-electron chi connectivity index (χ2n) is 8.33. The van der Waals surface area contributed by atoms with E-state index in [0.29, 0.717) is 0 Å². The van der Waals surface area contributed by atoms with Crippen molar-refractivity contribution in [2.75, 3.05) is 19.8 Å². The zero-order valence-electron chi connectivity index (χ0n) is 17.7. The Morgan fingerprint density at radius 3 is 1.35 bits per heavy atom. The number of hydrogen-bond donors (Lipinski definition) is 11. The molecule has 0 bridgehead atoms. The van der Waals surface area contributed by atoms with Crippen molar-refractivity contribution in [3.05, 3.63) is 0 Å². The van der Waals surface area contributed by atoms with Crippen molar-refractivity contribution in [3.63, 3.8) is 0 Å². The van der Waals surface area contributed by atoms with Crippen molar-refractivity contribution in [2.45, 2.75) is 92.1 Å². The van der Waals surface area contributed by atoms with E-state index in [2.05, 4.69) is 0 Å². The van der Waals surface area contributed by atoms with Crippen LogP contribution in [-0.4, -0.2) is 168 Å². The Labute approximate surface area is 192 Å². The fraction of sp³-hybridized carbons (Fsp3) is 1.00. The van der Waals surface area contributed by atoms with Gasteiger partial charge >= 0.3 is 0 Å². The maximum absolute atomic E-state index is 10.6. The van der Waals surface area contributed by atoms with Crippen molar-refractivity contribution >= 4 is 0 Å². The molecule has 0 aliphatic carbocycles. The van der Waals surface area contributed by atoms with Crippen LogP contribution in [0, 0.1) is 0 Å². The number of rotatable bonds is 7. The number of ether oxygens (including phenoxy) is 5. The topological polar surface area (TPSA) is 269 Å². The van der Waals surface area contributed by atoms with Crippen molar-refractivity contribution in [3.8, 4) is 0 Å². The molecular weight excluding hydrogens is 472 g/mol. The van der Waals surface area contributed by atoms with Gasteiger partial charge in [0.05, 0.1) is 19.8 Å². The van der Waals surface area contributed by atoms with Crippen LogP contribution in [0.2, 0.25) is 0 Å². The second kappa shape index (κ2) is 11.6. The van der Waals surface area contributed by atoms with E-state index in [9.17, 15) is 56.2 Å². The van der Waals surface area contributed by atoms with E-state index in [0.717, 1.165) is 0 Å². The van der Waals surface area contributed by atoms with Gasteiger partial charge < -0.3 is 79.9 Å². The van der Waals surface area contributed by atoms with Gasteiger partial charge in [0.25, 0.3) is 0 Å². The monoisotopic (exact) mass is 504 g/mol. The zero-order valence-corrected chi connectivity index (χ0v) is 17.7. The highest BCUT2D eigenvalue weighted by molar-refractivity contribution is 4.96. The van der Waals surface area contributed by atoms with Crippen molar-refractivity contribution in [1.29, 1.82) is 0 Å². The molecule has 0 spiro atoms. The lowest BCUT2D eigenvalue weighted by atomic mass is 9.96. The third kappa shape index (κ3) is 5.37. The van der Waals surface area contributed by atoms with Crippen LogP contribution < -0.4 is 0 Å². The minimum atomic E-state index is -1.91. The van der Waals surface area contributed by atoms with Gasteiger partial charge in [0.2, 0.25) is 0 Å². The molecule has 3 aliphatic rings. The highest BCUT2D eigenvalue weighted by Crippen LogP contribution is 2.32. The first kappa shape index (κ1) is 27.9. The van der Waals surface area contributed by atoms with Crippen LogP contribution in [0.3, 0.4) is 0 Å². The normalized spacial score (nSPS) is 52.5. The molecule has 0 radical (unpaired) electrons. The van der Waals surface area contributed by atoms with Gasteiger partial charge in [-0.05, 0) is 0 Å².